The van der Waals surface area contributed by atoms with Crippen LogP contribution in [-0.2, 0) is 46.7 Å². The van der Waals surface area contributed by atoms with Crippen molar-refractivity contribution in [2.75, 3.05) is 12.0 Å². The number of rotatable bonds is 16. The fourth-order valence-electron chi connectivity index (χ4n) is 4.51. The lowest BCUT2D eigenvalue weighted by Crippen LogP contribution is -2.58. The molecule has 0 fully saturated rings. The molecule has 14 nitrogen and oxygen atoms in total. The summed E-state index contributed by atoms with van der Waals surface area (Å²) in [5.41, 5.74) is 13.8. The molecule has 0 spiro atoms. The van der Waals surface area contributed by atoms with Crippen LogP contribution in [0.1, 0.15) is 24.0 Å². The molecule has 15 heteroatoms. The van der Waals surface area contributed by atoms with Crippen molar-refractivity contribution in [1.82, 2.24) is 20.9 Å². The molecule has 0 saturated carbocycles. The summed E-state index contributed by atoms with van der Waals surface area (Å²) in [5.74, 6) is -5.61. The maximum absolute atomic E-state index is 13.3. The molecular weight excluding hydrogens is 592 g/mol. The Morgan fingerprint density at radius 2 is 1.43 bits per heavy atom. The van der Waals surface area contributed by atoms with Gasteiger partial charge < -0.3 is 37.5 Å². The summed E-state index contributed by atoms with van der Waals surface area (Å²) >= 11 is 0. The molecule has 0 radical (unpaired) electrons. The number of hydrogen-bond acceptors (Lipinski definition) is 8. The van der Waals surface area contributed by atoms with Crippen molar-refractivity contribution in [2.24, 2.45) is 11.5 Å². The van der Waals surface area contributed by atoms with Crippen molar-refractivity contribution >= 4 is 50.3 Å². The summed E-state index contributed by atoms with van der Waals surface area (Å²) in [5, 5.41) is 17.3. The molecule has 3 rings (SSSR count). The summed E-state index contributed by atoms with van der Waals surface area (Å²) in [4.78, 5) is 66.1. The molecule has 0 aliphatic carbocycles. The van der Waals surface area contributed by atoms with Gasteiger partial charge in [0, 0.05) is 29.8 Å². The van der Waals surface area contributed by atoms with E-state index in [-0.39, 0.29) is 19.3 Å². The molecule has 236 valence electrons. The van der Waals surface area contributed by atoms with Gasteiger partial charge in [0.15, 0.2) is 0 Å². The fraction of sp³-hybridized carbons (Fsp3) is 0.345. The predicted molar refractivity (Wildman–Crippen MR) is 162 cm³/mol. The highest BCUT2D eigenvalue weighted by Gasteiger charge is 2.32. The number of H-pyrrole nitrogens is 1. The average Bonchev–Trinajstić information content (AvgIpc) is 3.36. The number of carboxylic acids is 1. The average molecular weight is 629 g/mol. The molecule has 9 N–H and O–H groups in total. The number of carboxylic acid groups (broad SMARTS) is 1. The molecule has 4 amide bonds. The molecule has 3 aromatic rings. The van der Waals surface area contributed by atoms with E-state index < -0.39 is 75.8 Å². The Morgan fingerprint density at radius 1 is 0.841 bits per heavy atom. The molecule has 0 aliphatic rings. The number of hydrogen-bond donors (Lipinski definition) is 7. The molecular formula is C29H36N6O8S. The SMILES string of the molecule is CS(=O)(=O)CC[C@H](NC(=O)[C@H](N)Cc1c[nH]c2ccccc12)C(=O)N[C@@H](CC(=O)O)C(=O)N[C@@H](Cc1ccccc1)C(N)=O. The number of aliphatic carboxylic acids is 1. The third-order valence-corrected chi connectivity index (χ3v) is 7.79. The van der Waals surface area contributed by atoms with Gasteiger partial charge in [0.1, 0.15) is 28.0 Å². The number of benzene rings is 2. The first-order chi connectivity index (χ1) is 20.7. The van der Waals surface area contributed by atoms with Crippen LogP contribution in [0.2, 0.25) is 0 Å². The lowest BCUT2D eigenvalue weighted by Gasteiger charge is -2.25. The molecule has 2 aromatic carbocycles. The highest BCUT2D eigenvalue weighted by Crippen LogP contribution is 2.19. The van der Waals surface area contributed by atoms with Crippen molar-refractivity contribution in [1.29, 1.82) is 0 Å². The van der Waals surface area contributed by atoms with Gasteiger partial charge in [0.25, 0.3) is 0 Å². The minimum Gasteiger partial charge on any atom is -0.481 e. The van der Waals surface area contributed by atoms with Gasteiger partial charge in [-0.1, -0.05) is 48.5 Å². The molecule has 1 heterocycles. The normalized spacial score (nSPS) is 14.1. The topological polar surface area (TPSA) is 244 Å². The molecule has 0 bridgehead atoms. The van der Waals surface area contributed by atoms with Gasteiger partial charge in [-0.15, -0.1) is 0 Å². The number of amides is 4. The third kappa shape index (κ3) is 10.2. The van der Waals surface area contributed by atoms with Crippen molar-refractivity contribution in [3.05, 3.63) is 71.9 Å². The van der Waals surface area contributed by atoms with Crippen molar-refractivity contribution in [2.45, 2.75) is 49.9 Å². The minimum absolute atomic E-state index is 0.0109. The number of para-hydroxylation sites is 1. The number of aromatic nitrogens is 1. The van der Waals surface area contributed by atoms with Gasteiger partial charge in [0.05, 0.1) is 18.2 Å². The first-order valence-electron chi connectivity index (χ1n) is 13.7. The van der Waals surface area contributed by atoms with E-state index in [0.29, 0.717) is 5.56 Å². The van der Waals surface area contributed by atoms with Crippen LogP contribution >= 0.6 is 0 Å². The Labute approximate surface area is 253 Å². The largest absolute Gasteiger partial charge is 0.481 e. The first-order valence-corrected chi connectivity index (χ1v) is 15.7. The van der Waals surface area contributed by atoms with Crippen LogP contribution in [0.5, 0.6) is 0 Å². The second-order valence-corrected chi connectivity index (χ2v) is 12.7. The summed E-state index contributed by atoms with van der Waals surface area (Å²) in [6.45, 7) is 0. The quantitative estimate of drug-likeness (QED) is 0.104. The smallest absolute Gasteiger partial charge is 0.305 e. The first kappa shape index (κ1) is 33.7. The maximum Gasteiger partial charge on any atom is 0.305 e. The summed E-state index contributed by atoms with van der Waals surface area (Å²) in [6.07, 6.45) is 1.51. The van der Waals surface area contributed by atoms with Gasteiger partial charge in [0.2, 0.25) is 23.6 Å². The second-order valence-electron chi connectivity index (χ2n) is 10.5. The van der Waals surface area contributed by atoms with E-state index >= 15 is 0 Å². The second kappa shape index (κ2) is 15.1. The molecule has 0 saturated heterocycles. The maximum atomic E-state index is 13.3. The Bertz CT molecular complexity index is 1610. The lowest BCUT2D eigenvalue weighted by atomic mass is 10.0. The molecule has 44 heavy (non-hydrogen) atoms. The summed E-state index contributed by atoms with van der Waals surface area (Å²) in [6, 6.07) is 10.5. The number of sulfone groups is 1. The Balaban J connectivity index is 1.74. The molecule has 0 unspecified atom stereocenters. The molecule has 1 aromatic heterocycles. The zero-order valence-electron chi connectivity index (χ0n) is 24.0. The van der Waals surface area contributed by atoms with Crippen LogP contribution < -0.4 is 27.4 Å². The van der Waals surface area contributed by atoms with E-state index in [4.69, 9.17) is 11.5 Å². The van der Waals surface area contributed by atoms with E-state index in [1.165, 1.54) is 0 Å². The van der Waals surface area contributed by atoms with Gasteiger partial charge in [-0.3, -0.25) is 24.0 Å². The number of primary amides is 1. The molecule has 4 atom stereocenters. The summed E-state index contributed by atoms with van der Waals surface area (Å²) in [7, 11) is -3.58. The van der Waals surface area contributed by atoms with Gasteiger partial charge in [-0.25, -0.2) is 8.42 Å². The van der Waals surface area contributed by atoms with Gasteiger partial charge in [-0.2, -0.15) is 0 Å². The molecule has 0 aliphatic heterocycles. The van der Waals surface area contributed by atoms with Crippen molar-refractivity contribution < 1.29 is 37.5 Å². The standard InChI is InChI=1S/C29H36N6O8S/c1-44(42,43)12-11-22(33-27(39)20(30)14-18-16-32-21-10-6-5-9-19(18)21)28(40)35-24(15-25(36)37)29(41)34-23(26(31)38)13-17-7-3-2-4-8-17/h2-10,16,20,22-24,32H,11-15,30H2,1H3,(H2,31,38)(H,33,39)(H,34,41)(H,35,40)(H,36,37)/t20-,22+,23+,24+/m1/s1. The monoisotopic (exact) mass is 628 g/mol. The van der Waals surface area contributed by atoms with E-state index in [9.17, 15) is 37.5 Å². The lowest BCUT2D eigenvalue weighted by molar-refractivity contribution is -0.141. The van der Waals surface area contributed by atoms with Crippen LogP contribution in [0.15, 0.2) is 60.8 Å². The van der Waals surface area contributed by atoms with Crippen LogP contribution in [-0.4, -0.2) is 84.3 Å². The van der Waals surface area contributed by atoms with Gasteiger partial charge >= 0.3 is 5.97 Å². The number of fused-ring (bicyclic) bond motifs is 1. The third-order valence-electron chi connectivity index (χ3n) is 6.82. The van der Waals surface area contributed by atoms with Crippen molar-refractivity contribution in [3.63, 3.8) is 0 Å². The highest BCUT2D eigenvalue weighted by atomic mass is 32.2. The Kier molecular flexibility index (Phi) is 11.6. The van der Waals surface area contributed by atoms with Gasteiger partial charge in [-0.05, 0) is 30.0 Å². The zero-order valence-corrected chi connectivity index (χ0v) is 24.8. The van der Waals surface area contributed by atoms with E-state index in [1.54, 1.807) is 36.5 Å². The van der Waals surface area contributed by atoms with Crippen LogP contribution in [0, 0.1) is 0 Å². The predicted octanol–water partition coefficient (Wildman–Crippen LogP) is -0.870. The minimum atomic E-state index is -3.58. The number of aromatic amines is 1. The Morgan fingerprint density at radius 3 is 2.07 bits per heavy atom. The van der Waals surface area contributed by atoms with Crippen molar-refractivity contribution in [3.8, 4) is 0 Å². The van der Waals surface area contributed by atoms with Crippen LogP contribution in [0.25, 0.3) is 10.9 Å². The van der Waals surface area contributed by atoms with E-state index in [1.807, 2.05) is 24.3 Å². The highest BCUT2D eigenvalue weighted by molar-refractivity contribution is 7.90. The number of carbonyl (C=O) groups is 5. The van der Waals surface area contributed by atoms with Crippen LogP contribution in [0.3, 0.4) is 0 Å². The van der Waals surface area contributed by atoms with E-state index in [0.717, 1.165) is 22.7 Å². The zero-order chi connectivity index (χ0) is 32.4. The number of nitrogens with two attached hydrogens (primary N) is 2. The van der Waals surface area contributed by atoms with E-state index in [2.05, 4.69) is 20.9 Å². The number of carbonyl (C=O) groups excluding carboxylic acids is 4. The number of nitrogens with one attached hydrogen (secondary N) is 4. The summed E-state index contributed by atoms with van der Waals surface area (Å²) < 4.78 is 23.7. The van der Waals surface area contributed by atoms with Crippen LogP contribution in [0.4, 0.5) is 0 Å². The Hall–Kier alpha value is -4.76. The fourth-order valence-corrected chi connectivity index (χ4v) is 5.17.